The maximum Gasteiger partial charge on any atom is 0.336 e. The summed E-state index contributed by atoms with van der Waals surface area (Å²) in [4.78, 5) is 11.1. The number of ether oxygens (including phenoxy) is 2. The third-order valence-electron chi connectivity index (χ3n) is 3.61. The third-order valence-corrected chi connectivity index (χ3v) is 4.04. The lowest BCUT2D eigenvalue weighted by molar-refractivity contribution is -0.133. The summed E-state index contributed by atoms with van der Waals surface area (Å²) < 4.78 is 11.2. The summed E-state index contributed by atoms with van der Waals surface area (Å²) in [5.41, 5.74) is 2.84. The zero-order valence-corrected chi connectivity index (χ0v) is 13.3. The van der Waals surface area contributed by atoms with Crippen LogP contribution in [0.1, 0.15) is 16.7 Å². The molecule has 0 bridgehead atoms. The van der Waals surface area contributed by atoms with Gasteiger partial charge >= 0.3 is 5.97 Å². The van der Waals surface area contributed by atoms with Gasteiger partial charge in [0.15, 0.2) is 0 Å². The van der Waals surface area contributed by atoms with Crippen LogP contribution in [0.15, 0.2) is 48.0 Å². The van der Waals surface area contributed by atoms with Crippen LogP contribution in [0.5, 0.6) is 11.5 Å². The molecule has 0 atom stereocenters. The second-order valence-corrected chi connectivity index (χ2v) is 5.70. The number of aryl methyl sites for hydroxylation is 1. The van der Waals surface area contributed by atoms with Gasteiger partial charge in [-0.25, -0.2) is 4.79 Å². The molecule has 1 N–H and O–H groups in total. The smallest absolute Gasteiger partial charge is 0.336 e. The second-order valence-electron chi connectivity index (χ2n) is 5.32. The van der Waals surface area contributed by atoms with Crippen molar-refractivity contribution in [3.63, 3.8) is 0 Å². The van der Waals surface area contributed by atoms with Gasteiger partial charge < -0.3 is 14.6 Å². The van der Waals surface area contributed by atoms with Gasteiger partial charge in [0.05, 0.1) is 10.6 Å². The van der Waals surface area contributed by atoms with Crippen molar-refractivity contribution in [2.75, 3.05) is 6.61 Å². The highest BCUT2D eigenvalue weighted by atomic mass is 35.5. The molecule has 2 aromatic carbocycles. The Balaban J connectivity index is 1.81. The highest BCUT2D eigenvalue weighted by Gasteiger charge is 2.23. The van der Waals surface area contributed by atoms with E-state index < -0.39 is 5.97 Å². The Bertz CT molecular complexity index is 778. The quantitative estimate of drug-likeness (QED) is 0.920. The maximum absolute atomic E-state index is 11.1. The topological polar surface area (TPSA) is 55.8 Å². The van der Waals surface area contributed by atoms with Crippen LogP contribution in [0.2, 0.25) is 0 Å². The van der Waals surface area contributed by atoms with Gasteiger partial charge in [-0.3, -0.25) is 0 Å². The molecule has 2 aromatic rings. The molecule has 0 unspecified atom stereocenters. The van der Waals surface area contributed by atoms with Crippen LogP contribution in [0, 0.1) is 6.92 Å². The van der Waals surface area contributed by atoms with Crippen molar-refractivity contribution >= 4 is 22.6 Å². The van der Waals surface area contributed by atoms with E-state index in [4.69, 9.17) is 26.2 Å². The minimum Gasteiger partial charge on any atom is -0.489 e. The van der Waals surface area contributed by atoms with E-state index in [2.05, 4.69) is 0 Å². The average molecular weight is 331 g/mol. The summed E-state index contributed by atoms with van der Waals surface area (Å²) in [5.74, 6) is 0.0898. The molecule has 1 aliphatic heterocycles. The summed E-state index contributed by atoms with van der Waals surface area (Å²) in [7, 11) is 0. The maximum atomic E-state index is 11.1. The molecular weight excluding hydrogens is 316 g/mol. The van der Waals surface area contributed by atoms with Crippen molar-refractivity contribution in [3.8, 4) is 11.5 Å². The molecule has 0 spiro atoms. The Morgan fingerprint density at radius 2 is 2.00 bits per heavy atom. The van der Waals surface area contributed by atoms with Crippen LogP contribution >= 0.6 is 11.6 Å². The number of hydrogen-bond donors (Lipinski definition) is 1. The van der Waals surface area contributed by atoms with Crippen molar-refractivity contribution in [1.29, 1.82) is 0 Å². The molecular formula is C18H15ClO4. The van der Waals surface area contributed by atoms with Crippen LogP contribution < -0.4 is 9.47 Å². The zero-order chi connectivity index (χ0) is 16.4. The second kappa shape index (κ2) is 6.34. The monoisotopic (exact) mass is 330 g/mol. The first-order chi connectivity index (χ1) is 11.0. The molecule has 1 heterocycles. The van der Waals surface area contributed by atoms with Crippen LogP contribution in [-0.4, -0.2) is 17.7 Å². The summed E-state index contributed by atoms with van der Waals surface area (Å²) >= 11 is 6.18. The van der Waals surface area contributed by atoms with Gasteiger partial charge in [-0.2, -0.15) is 0 Å². The molecule has 5 heteroatoms. The van der Waals surface area contributed by atoms with Crippen molar-refractivity contribution in [1.82, 2.24) is 0 Å². The lowest BCUT2D eigenvalue weighted by atomic mass is 10.1. The molecule has 0 radical (unpaired) electrons. The molecule has 118 valence electrons. The lowest BCUT2D eigenvalue weighted by Gasteiger charge is -2.19. The van der Waals surface area contributed by atoms with E-state index in [0.29, 0.717) is 23.7 Å². The molecule has 0 aliphatic carbocycles. The van der Waals surface area contributed by atoms with E-state index in [-0.39, 0.29) is 17.2 Å². The third kappa shape index (κ3) is 3.32. The Hall–Kier alpha value is -2.46. The normalized spacial score (nSPS) is 13.3. The molecule has 4 nitrogen and oxygen atoms in total. The van der Waals surface area contributed by atoms with Crippen LogP contribution in [0.3, 0.4) is 0 Å². The number of hydrogen-bond acceptors (Lipinski definition) is 3. The lowest BCUT2D eigenvalue weighted by Crippen LogP contribution is -2.16. The van der Waals surface area contributed by atoms with Gasteiger partial charge in [0.25, 0.3) is 0 Å². The number of rotatable bonds is 4. The Kier molecular flexibility index (Phi) is 4.26. The molecule has 0 aromatic heterocycles. The van der Waals surface area contributed by atoms with Crippen LogP contribution in [0.4, 0.5) is 0 Å². The van der Waals surface area contributed by atoms with E-state index in [1.54, 1.807) is 18.2 Å². The Morgan fingerprint density at radius 3 is 2.70 bits per heavy atom. The highest BCUT2D eigenvalue weighted by molar-refractivity contribution is 6.51. The Labute approximate surface area is 138 Å². The van der Waals surface area contributed by atoms with Gasteiger partial charge in [0.2, 0.25) is 0 Å². The van der Waals surface area contributed by atoms with Gasteiger partial charge in [-0.15, -0.1) is 0 Å². The SMILES string of the molecule is Cc1ccc(COc2ccc3c(c2)C(Cl)=C(C(=O)O)CO3)cc1. The van der Waals surface area contributed by atoms with E-state index in [1.807, 2.05) is 31.2 Å². The van der Waals surface area contributed by atoms with E-state index in [1.165, 1.54) is 5.56 Å². The molecule has 3 rings (SSSR count). The van der Waals surface area contributed by atoms with E-state index in [0.717, 1.165) is 5.56 Å². The number of carboxylic acids is 1. The van der Waals surface area contributed by atoms with Crippen LogP contribution in [-0.2, 0) is 11.4 Å². The predicted octanol–water partition coefficient (Wildman–Crippen LogP) is 4.00. The molecule has 0 fully saturated rings. The van der Waals surface area contributed by atoms with Crippen molar-refractivity contribution in [3.05, 3.63) is 64.7 Å². The summed E-state index contributed by atoms with van der Waals surface area (Å²) in [6.07, 6.45) is 0. The van der Waals surface area contributed by atoms with Gasteiger partial charge in [0, 0.05) is 5.56 Å². The number of halogens is 1. The number of carbonyl (C=O) groups is 1. The fourth-order valence-electron chi connectivity index (χ4n) is 2.28. The molecule has 0 amide bonds. The fraction of sp³-hybridized carbons (Fsp3) is 0.167. The van der Waals surface area contributed by atoms with Crippen molar-refractivity contribution in [2.24, 2.45) is 0 Å². The zero-order valence-electron chi connectivity index (χ0n) is 12.5. The number of fused-ring (bicyclic) bond motifs is 1. The standard InChI is InChI=1S/C18H15ClO4/c1-11-2-4-12(5-3-11)9-22-13-6-7-16-14(8-13)17(19)15(10-23-16)18(20)21/h2-8H,9-10H2,1H3,(H,20,21). The number of aliphatic carboxylic acids is 1. The Morgan fingerprint density at radius 1 is 1.26 bits per heavy atom. The number of carboxylic acid groups (broad SMARTS) is 1. The summed E-state index contributed by atoms with van der Waals surface area (Å²) in [5, 5.41) is 9.32. The van der Waals surface area contributed by atoms with E-state index >= 15 is 0 Å². The first kappa shape index (κ1) is 15.4. The number of benzene rings is 2. The molecule has 0 saturated carbocycles. The molecule has 1 aliphatic rings. The minimum atomic E-state index is -1.08. The summed E-state index contributed by atoms with van der Waals surface area (Å²) in [6.45, 7) is 2.42. The summed E-state index contributed by atoms with van der Waals surface area (Å²) in [6, 6.07) is 13.3. The van der Waals surface area contributed by atoms with Gasteiger partial charge in [-0.1, -0.05) is 41.4 Å². The van der Waals surface area contributed by atoms with Gasteiger partial charge in [0.1, 0.15) is 24.7 Å². The molecule has 0 saturated heterocycles. The largest absolute Gasteiger partial charge is 0.489 e. The average Bonchev–Trinajstić information content (AvgIpc) is 2.54. The van der Waals surface area contributed by atoms with Crippen molar-refractivity contribution < 1.29 is 19.4 Å². The minimum absolute atomic E-state index is 0.0370. The van der Waals surface area contributed by atoms with E-state index in [9.17, 15) is 4.79 Å². The molecule has 23 heavy (non-hydrogen) atoms. The highest BCUT2D eigenvalue weighted by Crippen LogP contribution is 2.38. The van der Waals surface area contributed by atoms with Crippen molar-refractivity contribution in [2.45, 2.75) is 13.5 Å². The first-order valence-electron chi connectivity index (χ1n) is 7.12. The fourth-order valence-corrected chi connectivity index (χ4v) is 2.56. The predicted molar refractivity (Wildman–Crippen MR) is 87.9 cm³/mol. The van der Waals surface area contributed by atoms with Crippen LogP contribution in [0.25, 0.3) is 5.03 Å². The first-order valence-corrected chi connectivity index (χ1v) is 7.50. The van der Waals surface area contributed by atoms with Gasteiger partial charge in [-0.05, 0) is 30.7 Å².